The van der Waals surface area contributed by atoms with E-state index in [1.807, 2.05) is 20.8 Å². The summed E-state index contributed by atoms with van der Waals surface area (Å²) >= 11 is 1.72. The molecule has 1 aromatic rings. The van der Waals surface area contributed by atoms with Gasteiger partial charge in [-0.05, 0) is 20.3 Å². The van der Waals surface area contributed by atoms with Crippen LogP contribution in [0.2, 0.25) is 0 Å². The van der Waals surface area contributed by atoms with Gasteiger partial charge in [0.05, 0.1) is 10.7 Å². The number of thiazole rings is 1. The molecule has 0 unspecified atom stereocenters. The first kappa shape index (κ1) is 12.2. The highest BCUT2D eigenvalue weighted by Crippen LogP contribution is 2.16. The third-order valence-corrected chi connectivity index (χ3v) is 3.28. The van der Waals surface area contributed by atoms with Crippen LogP contribution in [0.25, 0.3) is 0 Å². The van der Waals surface area contributed by atoms with Gasteiger partial charge in [-0.3, -0.25) is 4.79 Å². The number of rotatable bonds is 5. The van der Waals surface area contributed by atoms with Crippen molar-refractivity contribution in [1.29, 1.82) is 0 Å². The maximum Gasteiger partial charge on any atom is 0.219 e. The third-order valence-electron chi connectivity index (χ3n) is 2.15. The summed E-state index contributed by atoms with van der Waals surface area (Å²) in [4.78, 5) is 16.8. The number of nitrogens with one attached hydrogen (secondary N) is 1. The molecular weight excluding hydrogens is 208 g/mol. The van der Waals surface area contributed by atoms with Crippen LogP contribution in [-0.2, 0) is 11.2 Å². The van der Waals surface area contributed by atoms with Crippen LogP contribution in [0.3, 0.4) is 0 Å². The van der Waals surface area contributed by atoms with Crippen LogP contribution in [0.1, 0.15) is 35.3 Å². The Morgan fingerprint density at radius 2 is 2.20 bits per heavy atom. The third kappa shape index (κ3) is 4.00. The lowest BCUT2D eigenvalue weighted by Gasteiger charge is -2.02. The smallest absolute Gasteiger partial charge is 0.219 e. The monoisotopic (exact) mass is 226 g/mol. The molecule has 84 valence electrons. The number of hydrogen-bond acceptors (Lipinski definition) is 3. The van der Waals surface area contributed by atoms with Crippen molar-refractivity contribution in [1.82, 2.24) is 10.3 Å². The molecule has 1 amide bonds. The second kappa shape index (κ2) is 5.85. The van der Waals surface area contributed by atoms with Crippen molar-refractivity contribution in [3.05, 3.63) is 15.6 Å². The topological polar surface area (TPSA) is 42.0 Å². The summed E-state index contributed by atoms with van der Waals surface area (Å²) in [5.41, 5.74) is 1.10. The van der Waals surface area contributed by atoms with Crippen LogP contribution in [0.5, 0.6) is 0 Å². The first-order valence-electron chi connectivity index (χ1n) is 5.33. The van der Waals surface area contributed by atoms with E-state index in [0.717, 1.165) is 30.1 Å². The van der Waals surface area contributed by atoms with E-state index in [1.54, 1.807) is 11.3 Å². The molecule has 3 nitrogen and oxygen atoms in total. The Bertz CT molecular complexity index is 333. The van der Waals surface area contributed by atoms with Gasteiger partial charge in [0.2, 0.25) is 5.91 Å². The standard InChI is InChI=1S/C11H18N2OS/c1-4-5-11(14)12-7-6-10-8(2)13-9(3)15-10/h4-7H2,1-3H3,(H,12,14). The Kier molecular flexibility index (Phi) is 4.75. The normalized spacial score (nSPS) is 10.3. The van der Waals surface area contributed by atoms with Crippen molar-refractivity contribution in [3.63, 3.8) is 0 Å². The van der Waals surface area contributed by atoms with E-state index in [4.69, 9.17) is 0 Å². The molecule has 1 aromatic heterocycles. The largest absolute Gasteiger partial charge is 0.356 e. The molecule has 0 fully saturated rings. The van der Waals surface area contributed by atoms with E-state index in [2.05, 4.69) is 10.3 Å². The van der Waals surface area contributed by atoms with Crippen molar-refractivity contribution in [2.75, 3.05) is 6.54 Å². The second-order valence-electron chi connectivity index (χ2n) is 3.59. The van der Waals surface area contributed by atoms with Gasteiger partial charge in [0.25, 0.3) is 0 Å². The summed E-state index contributed by atoms with van der Waals surface area (Å²) in [5.74, 6) is 0.149. The minimum absolute atomic E-state index is 0.149. The average molecular weight is 226 g/mol. The highest BCUT2D eigenvalue weighted by molar-refractivity contribution is 7.11. The first-order chi connectivity index (χ1) is 7.13. The van der Waals surface area contributed by atoms with Crippen LogP contribution < -0.4 is 5.32 Å². The van der Waals surface area contributed by atoms with E-state index in [-0.39, 0.29) is 5.91 Å². The molecule has 0 aliphatic rings. The van der Waals surface area contributed by atoms with Gasteiger partial charge in [0.1, 0.15) is 0 Å². The highest BCUT2D eigenvalue weighted by Gasteiger charge is 2.05. The fraction of sp³-hybridized carbons (Fsp3) is 0.636. The number of amides is 1. The van der Waals surface area contributed by atoms with Gasteiger partial charge in [0, 0.05) is 24.3 Å². The van der Waals surface area contributed by atoms with Crippen molar-refractivity contribution in [2.24, 2.45) is 0 Å². The Balaban J connectivity index is 2.31. The molecule has 0 bridgehead atoms. The van der Waals surface area contributed by atoms with Gasteiger partial charge in [-0.1, -0.05) is 6.92 Å². The molecule has 1 heterocycles. The maximum atomic E-state index is 11.2. The molecule has 1 rings (SSSR count). The van der Waals surface area contributed by atoms with E-state index >= 15 is 0 Å². The molecule has 0 saturated carbocycles. The number of aromatic nitrogens is 1. The van der Waals surface area contributed by atoms with Gasteiger partial charge in [-0.25, -0.2) is 4.98 Å². The zero-order valence-electron chi connectivity index (χ0n) is 9.59. The molecule has 1 N–H and O–H groups in total. The fourth-order valence-electron chi connectivity index (χ4n) is 1.44. The Hall–Kier alpha value is -0.900. The van der Waals surface area contributed by atoms with Gasteiger partial charge in [-0.2, -0.15) is 0 Å². The quantitative estimate of drug-likeness (QED) is 0.836. The first-order valence-corrected chi connectivity index (χ1v) is 6.14. The predicted molar refractivity (Wildman–Crippen MR) is 63.2 cm³/mol. The zero-order valence-corrected chi connectivity index (χ0v) is 10.4. The molecule has 0 saturated heterocycles. The Labute approximate surface area is 94.9 Å². The number of aryl methyl sites for hydroxylation is 2. The van der Waals surface area contributed by atoms with E-state index in [0.29, 0.717) is 6.42 Å². The lowest BCUT2D eigenvalue weighted by atomic mass is 10.3. The summed E-state index contributed by atoms with van der Waals surface area (Å²) < 4.78 is 0. The molecule has 0 spiro atoms. The molecular formula is C11H18N2OS. The van der Waals surface area contributed by atoms with Crippen LogP contribution in [0.15, 0.2) is 0 Å². The van der Waals surface area contributed by atoms with Crippen LogP contribution in [0, 0.1) is 13.8 Å². The van der Waals surface area contributed by atoms with E-state index in [9.17, 15) is 4.79 Å². The summed E-state index contributed by atoms with van der Waals surface area (Å²) in [6.45, 7) is 6.76. The molecule has 4 heteroatoms. The average Bonchev–Trinajstić information content (AvgIpc) is 2.46. The molecule has 0 aliphatic carbocycles. The zero-order chi connectivity index (χ0) is 11.3. The Morgan fingerprint density at radius 3 is 2.73 bits per heavy atom. The number of nitrogens with zero attached hydrogens (tertiary/aromatic N) is 1. The summed E-state index contributed by atoms with van der Waals surface area (Å²) in [5, 5.41) is 4.01. The van der Waals surface area contributed by atoms with Crippen molar-refractivity contribution in [2.45, 2.75) is 40.0 Å². The van der Waals surface area contributed by atoms with Gasteiger partial charge in [0.15, 0.2) is 0 Å². The summed E-state index contributed by atoms with van der Waals surface area (Å²) in [7, 11) is 0. The second-order valence-corrected chi connectivity index (χ2v) is 4.88. The SMILES string of the molecule is CCCC(=O)NCCc1sc(C)nc1C. The van der Waals surface area contributed by atoms with Crippen molar-refractivity contribution >= 4 is 17.2 Å². The number of carbonyl (C=O) groups is 1. The van der Waals surface area contributed by atoms with Crippen LogP contribution in [0.4, 0.5) is 0 Å². The number of hydrogen-bond donors (Lipinski definition) is 1. The van der Waals surface area contributed by atoms with Crippen molar-refractivity contribution < 1.29 is 4.79 Å². The van der Waals surface area contributed by atoms with Gasteiger partial charge < -0.3 is 5.32 Å². The fourth-order valence-corrected chi connectivity index (χ4v) is 2.37. The lowest BCUT2D eigenvalue weighted by molar-refractivity contribution is -0.121. The summed E-state index contributed by atoms with van der Waals surface area (Å²) in [6.07, 6.45) is 2.43. The molecule has 0 atom stereocenters. The molecule has 0 radical (unpaired) electrons. The predicted octanol–water partition coefficient (Wildman–Crippen LogP) is 2.22. The van der Waals surface area contributed by atoms with Crippen LogP contribution >= 0.6 is 11.3 Å². The highest BCUT2D eigenvalue weighted by atomic mass is 32.1. The lowest BCUT2D eigenvalue weighted by Crippen LogP contribution is -2.25. The summed E-state index contributed by atoms with van der Waals surface area (Å²) in [6, 6.07) is 0. The van der Waals surface area contributed by atoms with Crippen LogP contribution in [-0.4, -0.2) is 17.4 Å². The number of carbonyl (C=O) groups excluding carboxylic acids is 1. The maximum absolute atomic E-state index is 11.2. The van der Waals surface area contributed by atoms with E-state index < -0.39 is 0 Å². The van der Waals surface area contributed by atoms with Gasteiger partial charge in [-0.15, -0.1) is 11.3 Å². The van der Waals surface area contributed by atoms with Gasteiger partial charge >= 0.3 is 0 Å². The molecule has 0 aromatic carbocycles. The van der Waals surface area contributed by atoms with Crippen molar-refractivity contribution in [3.8, 4) is 0 Å². The molecule has 15 heavy (non-hydrogen) atoms. The minimum Gasteiger partial charge on any atom is -0.356 e. The van der Waals surface area contributed by atoms with E-state index in [1.165, 1.54) is 4.88 Å². The minimum atomic E-state index is 0.149. The Morgan fingerprint density at radius 1 is 1.47 bits per heavy atom. The molecule has 0 aliphatic heterocycles.